The first kappa shape index (κ1) is 18.9. The smallest absolute Gasteiger partial charge is 0.320 e. The predicted octanol–water partition coefficient (Wildman–Crippen LogP) is 3.44. The van der Waals surface area contributed by atoms with Gasteiger partial charge in [0.1, 0.15) is 0 Å². The SMILES string of the molecule is CCOC(=O)C(CC(C(C)C)C(C)CC)C(=O)OCC. The lowest BCUT2D eigenvalue weighted by atomic mass is 9.77. The molecule has 0 spiro atoms. The standard InChI is InChI=1S/C16H30O4/c1-7-12(6)13(11(4)5)10-14(15(17)19-8-2)16(18)20-9-3/h11-14H,7-10H2,1-6H3. The van der Waals surface area contributed by atoms with Gasteiger partial charge in [-0.1, -0.05) is 34.1 Å². The average Bonchev–Trinajstić information content (AvgIpc) is 2.38. The Hall–Kier alpha value is -1.06. The lowest BCUT2D eigenvalue weighted by Gasteiger charge is -2.29. The van der Waals surface area contributed by atoms with Crippen LogP contribution in [0.25, 0.3) is 0 Å². The molecular weight excluding hydrogens is 256 g/mol. The van der Waals surface area contributed by atoms with Crippen LogP contribution in [0.4, 0.5) is 0 Å². The molecule has 2 atom stereocenters. The molecule has 20 heavy (non-hydrogen) atoms. The van der Waals surface area contributed by atoms with Gasteiger partial charge in [0.15, 0.2) is 5.92 Å². The minimum atomic E-state index is -0.795. The molecule has 0 amide bonds. The van der Waals surface area contributed by atoms with Gasteiger partial charge in [-0.3, -0.25) is 9.59 Å². The van der Waals surface area contributed by atoms with E-state index in [2.05, 4.69) is 27.7 Å². The molecule has 0 aromatic carbocycles. The zero-order valence-corrected chi connectivity index (χ0v) is 13.8. The molecule has 0 aliphatic rings. The first-order valence-electron chi connectivity index (χ1n) is 7.72. The highest BCUT2D eigenvalue weighted by Gasteiger charge is 2.34. The van der Waals surface area contributed by atoms with Crippen LogP contribution in [0.3, 0.4) is 0 Å². The predicted molar refractivity (Wildman–Crippen MR) is 79.2 cm³/mol. The van der Waals surface area contributed by atoms with Crippen LogP contribution >= 0.6 is 0 Å². The lowest BCUT2D eigenvalue weighted by Crippen LogP contribution is -2.33. The summed E-state index contributed by atoms with van der Waals surface area (Å²) in [6, 6.07) is 0. The van der Waals surface area contributed by atoms with E-state index in [1.165, 1.54) is 0 Å². The Kier molecular flexibility index (Phi) is 9.26. The molecule has 2 unspecified atom stereocenters. The third-order valence-electron chi connectivity index (χ3n) is 3.88. The third-order valence-corrected chi connectivity index (χ3v) is 3.88. The van der Waals surface area contributed by atoms with Gasteiger partial charge >= 0.3 is 11.9 Å². The second kappa shape index (κ2) is 9.78. The van der Waals surface area contributed by atoms with Crippen LogP contribution in [0.15, 0.2) is 0 Å². The monoisotopic (exact) mass is 286 g/mol. The van der Waals surface area contributed by atoms with Crippen molar-refractivity contribution in [2.75, 3.05) is 13.2 Å². The minimum Gasteiger partial charge on any atom is -0.465 e. The Morgan fingerprint density at radius 1 is 0.900 bits per heavy atom. The first-order chi connectivity index (χ1) is 9.38. The zero-order chi connectivity index (χ0) is 15.7. The molecule has 4 heteroatoms. The molecule has 0 aromatic heterocycles. The molecule has 0 aromatic rings. The number of esters is 2. The van der Waals surface area contributed by atoms with E-state index < -0.39 is 17.9 Å². The van der Waals surface area contributed by atoms with Crippen molar-refractivity contribution in [3.8, 4) is 0 Å². The van der Waals surface area contributed by atoms with Crippen molar-refractivity contribution in [1.29, 1.82) is 0 Å². The van der Waals surface area contributed by atoms with E-state index in [1.54, 1.807) is 13.8 Å². The van der Waals surface area contributed by atoms with Crippen molar-refractivity contribution >= 4 is 11.9 Å². The van der Waals surface area contributed by atoms with Crippen molar-refractivity contribution in [3.63, 3.8) is 0 Å². The van der Waals surface area contributed by atoms with Gasteiger partial charge in [-0.05, 0) is 38.0 Å². The van der Waals surface area contributed by atoms with Gasteiger partial charge < -0.3 is 9.47 Å². The molecule has 0 bridgehead atoms. The number of carbonyl (C=O) groups excluding carboxylic acids is 2. The molecule has 0 rings (SSSR count). The Labute approximate surface area is 123 Å². The van der Waals surface area contributed by atoms with Crippen molar-refractivity contribution in [3.05, 3.63) is 0 Å². The minimum absolute atomic E-state index is 0.282. The van der Waals surface area contributed by atoms with E-state index in [-0.39, 0.29) is 13.2 Å². The Balaban J connectivity index is 5.00. The molecule has 0 heterocycles. The van der Waals surface area contributed by atoms with Gasteiger partial charge in [0.2, 0.25) is 0 Å². The molecule has 0 saturated heterocycles. The van der Waals surface area contributed by atoms with Crippen LogP contribution in [0.1, 0.15) is 54.4 Å². The molecule has 0 aliphatic carbocycles. The second-order valence-corrected chi connectivity index (χ2v) is 5.59. The maximum absolute atomic E-state index is 12.0. The van der Waals surface area contributed by atoms with Crippen LogP contribution in [0.5, 0.6) is 0 Å². The summed E-state index contributed by atoms with van der Waals surface area (Å²) in [6.07, 6.45) is 1.53. The molecule has 0 N–H and O–H groups in total. The topological polar surface area (TPSA) is 52.6 Å². The fraction of sp³-hybridized carbons (Fsp3) is 0.875. The highest BCUT2D eigenvalue weighted by atomic mass is 16.6. The summed E-state index contributed by atoms with van der Waals surface area (Å²) in [5.41, 5.74) is 0. The molecule has 118 valence electrons. The number of hydrogen-bond acceptors (Lipinski definition) is 4. The van der Waals surface area contributed by atoms with Crippen molar-refractivity contribution < 1.29 is 19.1 Å². The number of carbonyl (C=O) groups is 2. The fourth-order valence-corrected chi connectivity index (χ4v) is 2.51. The van der Waals surface area contributed by atoms with Crippen LogP contribution in [0.2, 0.25) is 0 Å². The summed E-state index contributed by atoms with van der Waals surface area (Å²) in [5.74, 6) is -0.535. The zero-order valence-electron chi connectivity index (χ0n) is 13.8. The fourth-order valence-electron chi connectivity index (χ4n) is 2.51. The third kappa shape index (κ3) is 5.93. The molecule has 0 fully saturated rings. The normalized spacial score (nSPS) is 14.2. The summed E-state index contributed by atoms with van der Waals surface area (Å²) in [7, 11) is 0. The van der Waals surface area contributed by atoms with E-state index in [9.17, 15) is 9.59 Å². The lowest BCUT2D eigenvalue weighted by molar-refractivity contribution is -0.162. The Morgan fingerprint density at radius 3 is 1.65 bits per heavy atom. The first-order valence-corrected chi connectivity index (χ1v) is 7.72. The highest BCUT2D eigenvalue weighted by Crippen LogP contribution is 2.31. The Morgan fingerprint density at radius 2 is 1.35 bits per heavy atom. The van der Waals surface area contributed by atoms with E-state index in [0.29, 0.717) is 24.2 Å². The van der Waals surface area contributed by atoms with Crippen LogP contribution in [-0.4, -0.2) is 25.2 Å². The van der Waals surface area contributed by atoms with Crippen molar-refractivity contribution in [2.24, 2.45) is 23.7 Å². The molecular formula is C16H30O4. The van der Waals surface area contributed by atoms with Crippen LogP contribution in [0, 0.1) is 23.7 Å². The van der Waals surface area contributed by atoms with E-state index in [1.807, 2.05) is 0 Å². The molecule has 0 saturated carbocycles. The van der Waals surface area contributed by atoms with Crippen molar-refractivity contribution in [1.82, 2.24) is 0 Å². The summed E-state index contributed by atoms with van der Waals surface area (Å²) < 4.78 is 10.1. The van der Waals surface area contributed by atoms with Gasteiger partial charge in [-0.2, -0.15) is 0 Å². The van der Waals surface area contributed by atoms with Gasteiger partial charge in [0.05, 0.1) is 13.2 Å². The molecule has 0 aliphatic heterocycles. The van der Waals surface area contributed by atoms with Crippen LogP contribution in [-0.2, 0) is 19.1 Å². The van der Waals surface area contributed by atoms with Gasteiger partial charge in [-0.25, -0.2) is 0 Å². The van der Waals surface area contributed by atoms with E-state index in [4.69, 9.17) is 9.47 Å². The second-order valence-electron chi connectivity index (χ2n) is 5.59. The Bertz CT molecular complexity index is 281. The number of rotatable bonds is 9. The maximum atomic E-state index is 12.0. The van der Waals surface area contributed by atoms with E-state index in [0.717, 1.165) is 6.42 Å². The molecule has 4 nitrogen and oxygen atoms in total. The van der Waals surface area contributed by atoms with Crippen LogP contribution < -0.4 is 0 Å². The van der Waals surface area contributed by atoms with Crippen molar-refractivity contribution in [2.45, 2.75) is 54.4 Å². The quantitative estimate of drug-likeness (QED) is 0.481. The largest absolute Gasteiger partial charge is 0.465 e. The maximum Gasteiger partial charge on any atom is 0.320 e. The summed E-state index contributed by atoms with van der Waals surface area (Å²) in [4.78, 5) is 24.0. The highest BCUT2D eigenvalue weighted by molar-refractivity contribution is 5.94. The number of ether oxygens (including phenoxy) is 2. The van der Waals surface area contributed by atoms with Gasteiger partial charge in [-0.15, -0.1) is 0 Å². The van der Waals surface area contributed by atoms with Gasteiger partial charge in [0.25, 0.3) is 0 Å². The average molecular weight is 286 g/mol. The van der Waals surface area contributed by atoms with E-state index >= 15 is 0 Å². The molecule has 0 radical (unpaired) electrons. The summed E-state index contributed by atoms with van der Waals surface area (Å²) in [5, 5.41) is 0. The number of hydrogen-bond donors (Lipinski definition) is 0. The summed E-state index contributed by atoms with van der Waals surface area (Å²) in [6.45, 7) is 12.6. The van der Waals surface area contributed by atoms with Gasteiger partial charge in [0, 0.05) is 0 Å². The summed E-state index contributed by atoms with van der Waals surface area (Å²) >= 11 is 0.